The molecule has 0 radical (unpaired) electrons. The third-order valence-corrected chi connectivity index (χ3v) is 4.64. The van der Waals surface area contributed by atoms with E-state index in [0.29, 0.717) is 24.1 Å². The van der Waals surface area contributed by atoms with E-state index >= 15 is 0 Å². The van der Waals surface area contributed by atoms with Crippen molar-refractivity contribution in [2.24, 2.45) is 0 Å². The quantitative estimate of drug-likeness (QED) is 0.870. The number of hydrogen-bond acceptors (Lipinski definition) is 6. The summed E-state index contributed by atoms with van der Waals surface area (Å²) in [4.78, 5) is 29.1. The molecule has 1 aliphatic heterocycles. The minimum Gasteiger partial charge on any atom is -0.384 e. The van der Waals surface area contributed by atoms with Crippen LogP contribution in [0.4, 0.5) is 16.3 Å². The van der Waals surface area contributed by atoms with Crippen molar-refractivity contribution in [1.82, 2.24) is 24.8 Å². The van der Waals surface area contributed by atoms with Crippen LogP contribution in [0.2, 0.25) is 0 Å². The highest BCUT2D eigenvalue weighted by Gasteiger charge is 2.23. The van der Waals surface area contributed by atoms with Crippen LogP contribution in [0.3, 0.4) is 0 Å². The molecule has 1 saturated heterocycles. The van der Waals surface area contributed by atoms with E-state index in [4.69, 9.17) is 5.73 Å². The smallest absolute Gasteiger partial charge is 0.321 e. The zero-order valence-electron chi connectivity index (χ0n) is 15.0. The molecule has 8 heteroatoms. The molecular formula is C18H25N7O. The number of pyridine rings is 1. The van der Waals surface area contributed by atoms with Gasteiger partial charge in [0, 0.05) is 31.5 Å². The molecule has 8 nitrogen and oxygen atoms in total. The summed E-state index contributed by atoms with van der Waals surface area (Å²) in [5, 5.41) is 2.91. The van der Waals surface area contributed by atoms with E-state index in [0.717, 1.165) is 38.2 Å². The maximum absolute atomic E-state index is 12.5. The summed E-state index contributed by atoms with van der Waals surface area (Å²) in [6.45, 7) is 2.13. The number of nitrogens with one attached hydrogen (secondary N) is 1. The Morgan fingerprint density at radius 2 is 2.23 bits per heavy atom. The number of nitrogens with zero attached hydrogens (tertiary/aromatic N) is 5. The Morgan fingerprint density at radius 3 is 3.00 bits per heavy atom. The van der Waals surface area contributed by atoms with E-state index in [1.807, 2.05) is 11.0 Å². The number of hydrogen-bond donors (Lipinski definition) is 2. The highest BCUT2D eigenvalue weighted by Crippen LogP contribution is 2.18. The third kappa shape index (κ3) is 4.89. The normalized spacial score (nSPS) is 17.8. The van der Waals surface area contributed by atoms with Gasteiger partial charge in [-0.15, -0.1) is 0 Å². The second-order valence-corrected chi connectivity index (χ2v) is 6.56. The van der Waals surface area contributed by atoms with Crippen molar-refractivity contribution in [3.8, 4) is 0 Å². The number of nitrogens with two attached hydrogens (primary N) is 1. The predicted molar refractivity (Wildman–Crippen MR) is 100 cm³/mol. The number of likely N-dealkylation sites (tertiary alicyclic amines) is 1. The summed E-state index contributed by atoms with van der Waals surface area (Å²) in [5.41, 5.74) is 6.44. The summed E-state index contributed by atoms with van der Waals surface area (Å²) >= 11 is 0. The molecule has 1 fully saturated rings. The Kier molecular flexibility index (Phi) is 5.96. The van der Waals surface area contributed by atoms with Crippen molar-refractivity contribution in [2.45, 2.75) is 31.8 Å². The largest absolute Gasteiger partial charge is 0.384 e. The Hall–Kier alpha value is -2.74. The first-order valence-electron chi connectivity index (χ1n) is 8.85. The third-order valence-electron chi connectivity index (χ3n) is 4.64. The molecule has 0 spiro atoms. The van der Waals surface area contributed by atoms with Gasteiger partial charge in [-0.2, -0.15) is 0 Å². The number of anilines is 2. The number of rotatable bonds is 4. The minimum atomic E-state index is -0.0690. The Morgan fingerprint density at radius 1 is 1.35 bits per heavy atom. The molecule has 3 heterocycles. The van der Waals surface area contributed by atoms with Crippen molar-refractivity contribution in [2.75, 3.05) is 31.2 Å². The van der Waals surface area contributed by atoms with Crippen molar-refractivity contribution in [1.29, 1.82) is 0 Å². The van der Waals surface area contributed by atoms with Gasteiger partial charge >= 0.3 is 6.03 Å². The number of urea groups is 1. The van der Waals surface area contributed by atoms with Crippen LogP contribution >= 0.6 is 0 Å². The molecule has 2 amide bonds. The van der Waals surface area contributed by atoms with E-state index in [-0.39, 0.29) is 6.03 Å². The summed E-state index contributed by atoms with van der Waals surface area (Å²) in [7, 11) is 2.07. The van der Waals surface area contributed by atoms with Gasteiger partial charge in [-0.25, -0.2) is 14.8 Å². The summed E-state index contributed by atoms with van der Waals surface area (Å²) < 4.78 is 0. The standard InChI is InChI=1S/C18H25N7O/c1-24(13-17-21-9-6-16(19)23-17)15-5-3-10-25(11-7-15)18(26)22-14-4-2-8-20-12-14/h2,4,6,8-9,12,15H,3,5,7,10-11,13H2,1H3,(H,22,26)(H2,19,21,23)/t15-/m0/s1. The van der Waals surface area contributed by atoms with Crippen molar-refractivity contribution in [3.63, 3.8) is 0 Å². The monoisotopic (exact) mass is 355 g/mol. The Balaban J connectivity index is 1.53. The highest BCUT2D eigenvalue weighted by atomic mass is 16.2. The van der Waals surface area contributed by atoms with Crippen LogP contribution in [0.25, 0.3) is 0 Å². The van der Waals surface area contributed by atoms with Gasteiger partial charge in [-0.05, 0) is 44.5 Å². The molecular weight excluding hydrogens is 330 g/mol. The first-order chi connectivity index (χ1) is 12.6. The molecule has 0 bridgehead atoms. The van der Waals surface area contributed by atoms with Gasteiger partial charge in [0.25, 0.3) is 0 Å². The molecule has 2 aromatic rings. The van der Waals surface area contributed by atoms with Gasteiger partial charge < -0.3 is 16.0 Å². The lowest BCUT2D eigenvalue weighted by Gasteiger charge is -2.26. The van der Waals surface area contributed by atoms with E-state index < -0.39 is 0 Å². The van der Waals surface area contributed by atoms with Gasteiger partial charge in [0.15, 0.2) is 0 Å². The average molecular weight is 355 g/mol. The summed E-state index contributed by atoms with van der Waals surface area (Å²) in [6, 6.07) is 5.65. The minimum absolute atomic E-state index is 0.0690. The lowest BCUT2D eigenvalue weighted by Crippen LogP contribution is -2.37. The molecule has 1 atom stereocenters. The number of amides is 2. The average Bonchev–Trinajstić information content (AvgIpc) is 2.89. The summed E-state index contributed by atoms with van der Waals surface area (Å²) in [6.07, 6.45) is 7.94. The molecule has 0 saturated carbocycles. The fraction of sp³-hybridized carbons (Fsp3) is 0.444. The van der Waals surface area contributed by atoms with Gasteiger partial charge in [0.05, 0.1) is 18.4 Å². The topological polar surface area (TPSA) is 100 Å². The van der Waals surface area contributed by atoms with Gasteiger partial charge in [0.2, 0.25) is 0 Å². The van der Waals surface area contributed by atoms with Gasteiger partial charge in [-0.1, -0.05) is 0 Å². The van der Waals surface area contributed by atoms with Gasteiger partial charge in [-0.3, -0.25) is 9.88 Å². The van der Waals surface area contributed by atoms with Crippen LogP contribution in [0.15, 0.2) is 36.8 Å². The first kappa shape index (κ1) is 18.1. The van der Waals surface area contributed by atoms with Crippen LogP contribution in [0.5, 0.6) is 0 Å². The zero-order chi connectivity index (χ0) is 18.4. The highest BCUT2D eigenvalue weighted by molar-refractivity contribution is 5.89. The maximum Gasteiger partial charge on any atom is 0.321 e. The molecule has 0 aliphatic carbocycles. The molecule has 3 N–H and O–H groups in total. The Bertz CT molecular complexity index is 724. The van der Waals surface area contributed by atoms with Crippen molar-refractivity contribution >= 4 is 17.5 Å². The van der Waals surface area contributed by atoms with Crippen LogP contribution in [-0.4, -0.2) is 57.0 Å². The van der Waals surface area contributed by atoms with Gasteiger partial charge in [0.1, 0.15) is 11.6 Å². The Labute approximate surface area is 153 Å². The molecule has 0 aromatic carbocycles. The van der Waals surface area contributed by atoms with Crippen LogP contribution < -0.4 is 11.1 Å². The lowest BCUT2D eigenvalue weighted by molar-refractivity contribution is 0.199. The van der Waals surface area contributed by atoms with E-state index in [1.54, 1.807) is 30.7 Å². The van der Waals surface area contributed by atoms with E-state index in [1.165, 1.54) is 0 Å². The van der Waals surface area contributed by atoms with E-state index in [2.05, 4.69) is 32.2 Å². The number of carbonyl (C=O) groups excluding carboxylic acids is 1. The van der Waals surface area contributed by atoms with Crippen molar-refractivity contribution < 1.29 is 4.79 Å². The zero-order valence-corrected chi connectivity index (χ0v) is 15.0. The molecule has 26 heavy (non-hydrogen) atoms. The number of nitrogen functional groups attached to an aromatic ring is 1. The SMILES string of the molecule is CN(Cc1nccc(N)n1)[C@H]1CCCN(C(=O)Nc2cccnc2)CC1. The van der Waals surface area contributed by atoms with Crippen LogP contribution in [-0.2, 0) is 6.54 Å². The molecule has 0 unspecified atom stereocenters. The second kappa shape index (κ2) is 8.57. The van der Waals surface area contributed by atoms with Crippen molar-refractivity contribution in [3.05, 3.63) is 42.6 Å². The molecule has 138 valence electrons. The van der Waals surface area contributed by atoms with Crippen LogP contribution in [0.1, 0.15) is 25.1 Å². The molecule has 2 aromatic heterocycles. The fourth-order valence-electron chi connectivity index (χ4n) is 3.21. The maximum atomic E-state index is 12.5. The predicted octanol–water partition coefficient (Wildman–Crippen LogP) is 1.97. The lowest BCUT2D eigenvalue weighted by atomic mass is 10.1. The number of aromatic nitrogens is 3. The second-order valence-electron chi connectivity index (χ2n) is 6.56. The van der Waals surface area contributed by atoms with E-state index in [9.17, 15) is 4.79 Å². The fourth-order valence-corrected chi connectivity index (χ4v) is 3.21. The van der Waals surface area contributed by atoms with Crippen LogP contribution in [0, 0.1) is 0 Å². The molecule has 1 aliphatic rings. The number of carbonyl (C=O) groups is 1. The first-order valence-corrected chi connectivity index (χ1v) is 8.85. The summed E-state index contributed by atoms with van der Waals surface area (Å²) in [5.74, 6) is 1.21. The molecule has 3 rings (SSSR count).